The van der Waals surface area contributed by atoms with Gasteiger partial charge >= 0.3 is 18.9 Å². The minimum Gasteiger partial charge on any atom is -0.323 e. The first-order valence-corrected chi connectivity index (χ1v) is 7.41. The largest absolute Gasteiger partial charge is 1.00 e. The van der Waals surface area contributed by atoms with Crippen LogP contribution in [0.25, 0.3) is 0 Å². The number of hydrogen-bond donors (Lipinski definition) is 0. The summed E-state index contributed by atoms with van der Waals surface area (Å²) in [6.45, 7) is 9.45. The van der Waals surface area contributed by atoms with Crippen LogP contribution in [0.2, 0.25) is 11.1 Å². The minimum atomic E-state index is 0. The van der Waals surface area contributed by atoms with Gasteiger partial charge in [-0.15, -0.1) is 0 Å². The first kappa shape index (κ1) is 16.9. The third kappa shape index (κ3) is 4.17. The van der Waals surface area contributed by atoms with Gasteiger partial charge in [-0.25, -0.2) is 11.1 Å². The van der Waals surface area contributed by atoms with Crippen molar-refractivity contribution in [3.8, 4) is 0 Å². The van der Waals surface area contributed by atoms with Crippen molar-refractivity contribution in [1.29, 1.82) is 0 Å². The maximum Gasteiger partial charge on any atom is 1.00 e. The van der Waals surface area contributed by atoms with Gasteiger partial charge in [0.25, 0.3) is 0 Å². The fraction of sp³-hybridized carbons (Fsp3) is 0.647. The SMILES string of the molecule is CC(C)C(C)(C)[B-][C@H]1CCC[C@@H]1c1ccccc1.[Li+]. The first-order valence-electron chi connectivity index (χ1n) is 7.41. The topological polar surface area (TPSA) is 0 Å². The van der Waals surface area contributed by atoms with Gasteiger partial charge in [0.2, 0.25) is 0 Å². The summed E-state index contributed by atoms with van der Waals surface area (Å²) < 4.78 is 0. The van der Waals surface area contributed by atoms with E-state index in [-0.39, 0.29) is 18.9 Å². The van der Waals surface area contributed by atoms with Crippen LogP contribution in [0.4, 0.5) is 0 Å². The molecule has 0 aliphatic heterocycles. The molecule has 2 radical (unpaired) electrons. The molecule has 1 saturated carbocycles. The van der Waals surface area contributed by atoms with Gasteiger partial charge in [0.15, 0.2) is 0 Å². The molecule has 1 aromatic carbocycles. The van der Waals surface area contributed by atoms with Gasteiger partial charge in [-0.3, -0.25) is 0 Å². The van der Waals surface area contributed by atoms with E-state index < -0.39 is 0 Å². The average molecular weight is 248 g/mol. The molecule has 0 amide bonds. The van der Waals surface area contributed by atoms with Gasteiger partial charge in [-0.2, -0.15) is 0 Å². The number of rotatable bonds is 4. The van der Waals surface area contributed by atoms with Crippen molar-refractivity contribution in [1.82, 2.24) is 0 Å². The Morgan fingerprint density at radius 3 is 2.32 bits per heavy atom. The van der Waals surface area contributed by atoms with E-state index in [2.05, 4.69) is 65.3 Å². The van der Waals surface area contributed by atoms with Crippen molar-refractivity contribution in [2.24, 2.45) is 5.92 Å². The van der Waals surface area contributed by atoms with E-state index >= 15 is 0 Å². The summed E-state index contributed by atoms with van der Waals surface area (Å²) >= 11 is 0. The minimum absolute atomic E-state index is 0. The molecule has 0 heterocycles. The predicted octanol–water partition coefficient (Wildman–Crippen LogP) is 2.31. The van der Waals surface area contributed by atoms with Gasteiger partial charge < -0.3 is 7.28 Å². The maximum atomic E-state index is 2.64. The molecule has 0 unspecified atom stereocenters. The third-order valence-electron chi connectivity index (χ3n) is 4.93. The molecule has 98 valence electrons. The van der Waals surface area contributed by atoms with Crippen molar-refractivity contribution in [2.45, 2.75) is 64.0 Å². The van der Waals surface area contributed by atoms with E-state index in [4.69, 9.17) is 0 Å². The number of hydrogen-bond acceptors (Lipinski definition) is 0. The Labute approximate surface area is 132 Å². The van der Waals surface area contributed by atoms with Crippen LogP contribution in [-0.2, 0) is 0 Å². The summed E-state index contributed by atoms with van der Waals surface area (Å²) in [7, 11) is 2.64. The summed E-state index contributed by atoms with van der Waals surface area (Å²) in [6.07, 6.45) is 4.12. The van der Waals surface area contributed by atoms with E-state index in [1.165, 1.54) is 24.8 Å². The molecule has 19 heavy (non-hydrogen) atoms. The van der Waals surface area contributed by atoms with Gasteiger partial charge in [0, 0.05) is 0 Å². The van der Waals surface area contributed by atoms with Crippen LogP contribution in [0.15, 0.2) is 30.3 Å². The van der Waals surface area contributed by atoms with E-state index in [9.17, 15) is 0 Å². The van der Waals surface area contributed by atoms with Crippen LogP contribution in [-0.4, -0.2) is 7.28 Å². The molecule has 2 rings (SSSR count). The zero-order chi connectivity index (χ0) is 13.2. The fourth-order valence-corrected chi connectivity index (χ4v) is 3.05. The predicted molar refractivity (Wildman–Crippen MR) is 81.4 cm³/mol. The molecule has 0 spiro atoms. The molecular formula is C17H26BLi. The second kappa shape index (κ2) is 7.05. The Bertz CT molecular complexity index is 372. The van der Waals surface area contributed by atoms with Gasteiger partial charge in [-0.05, 0) is 12.0 Å². The molecule has 0 nitrogen and oxygen atoms in total. The van der Waals surface area contributed by atoms with Crippen molar-refractivity contribution < 1.29 is 18.9 Å². The zero-order valence-electron chi connectivity index (χ0n) is 13.3. The summed E-state index contributed by atoms with van der Waals surface area (Å²) in [4.78, 5) is 0. The van der Waals surface area contributed by atoms with Crippen molar-refractivity contribution >= 4 is 7.28 Å². The van der Waals surface area contributed by atoms with Gasteiger partial charge in [-0.1, -0.05) is 82.7 Å². The van der Waals surface area contributed by atoms with Crippen molar-refractivity contribution in [3.63, 3.8) is 0 Å². The quantitative estimate of drug-likeness (QED) is 0.717. The Kier molecular flexibility index (Phi) is 6.29. The van der Waals surface area contributed by atoms with Crippen LogP contribution >= 0.6 is 0 Å². The normalized spacial score (nSPS) is 23.4. The van der Waals surface area contributed by atoms with E-state index in [1.54, 1.807) is 0 Å². The average Bonchev–Trinajstić information content (AvgIpc) is 2.77. The molecule has 0 N–H and O–H groups in total. The second-order valence-electron chi connectivity index (χ2n) is 6.75. The number of benzene rings is 1. The van der Waals surface area contributed by atoms with Crippen molar-refractivity contribution in [3.05, 3.63) is 35.9 Å². The molecule has 1 fully saturated rings. The van der Waals surface area contributed by atoms with Crippen LogP contribution in [0.5, 0.6) is 0 Å². The van der Waals surface area contributed by atoms with Crippen LogP contribution in [0, 0.1) is 5.92 Å². The smallest absolute Gasteiger partial charge is 0.323 e. The van der Waals surface area contributed by atoms with Gasteiger partial charge in [0.1, 0.15) is 0 Å². The van der Waals surface area contributed by atoms with E-state index in [0.29, 0.717) is 5.31 Å². The first-order chi connectivity index (χ1) is 8.50. The molecule has 1 aliphatic rings. The second-order valence-corrected chi connectivity index (χ2v) is 6.75. The maximum absolute atomic E-state index is 2.64. The Hall–Kier alpha value is -0.118. The molecule has 1 aromatic rings. The van der Waals surface area contributed by atoms with Crippen LogP contribution in [0.3, 0.4) is 0 Å². The van der Waals surface area contributed by atoms with Gasteiger partial charge in [0.05, 0.1) is 0 Å². The molecule has 0 saturated heterocycles. The monoisotopic (exact) mass is 248 g/mol. The van der Waals surface area contributed by atoms with E-state index in [0.717, 1.165) is 17.7 Å². The van der Waals surface area contributed by atoms with E-state index in [1.807, 2.05) is 0 Å². The molecule has 0 bridgehead atoms. The third-order valence-corrected chi connectivity index (χ3v) is 4.93. The Morgan fingerprint density at radius 2 is 1.74 bits per heavy atom. The molecule has 1 aliphatic carbocycles. The summed E-state index contributed by atoms with van der Waals surface area (Å²) in [5.74, 6) is 2.24. The standard InChI is InChI=1S/C17H26B.Li/c1-13(2)17(3,4)18-16-12-8-11-15(16)14-9-6-5-7-10-14;/h5-7,9-10,13,15-16H,8,11-12H2,1-4H3;/q-1;+1/t15-,16+;/m1./s1. The summed E-state index contributed by atoms with van der Waals surface area (Å²) in [5.41, 5.74) is 1.54. The summed E-state index contributed by atoms with van der Waals surface area (Å²) in [5, 5.41) is 0.349. The molecule has 2 heteroatoms. The summed E-state index contributed by atoms with van der Waals surface area (Å²) in [6, 6.07) is 11.1. The molecule has 2 atom stereocenters. The molecule has 0 aromatic heterocycles. The van der Waals surface area contributed by atoms with Crippen molar-refractivity contribution in [2.75, 3.05) is 0 Å². The fourth-order valence-electron chi connectivity index (χ4n) is 3.05. The molecular weight excluding hydrogens is 222 g/mol. The van der Waals surface area contributed by atoms with Crippen LogP contribution in [0.1, 0.15) is 58.4 Å². The Morgan fingerprint density at radius 1 is 1.11 bits per heavy atom. The zero-order valence-corrected chi connectivity index (χ0v) is 13.3. The Balaban J connectivity index is 0.00000180. The van der Waals surface area contributed by atoms with Crippen LogP contribution < -0.4 is 18.9 Å².